The highest BCUT2D eigenvalue weighted by Gasteiger charge is 2.47. The van der Waals surface area contributed by atoms with Gasteiger partial charge in [0.15, 0.2) is 23.2 Å². The normalized spacial score (nSPS) is 20.5. The maximum absolute atomic E-state index is 14.1. The number of carbonyl (C=O) groups excluding carboxylic acids is 1. The number of ether oxygens (including phenoxy) is 2. The number of nitrogens with zero attached hydrogens (tertiary/aromatic N) is 3. The van der Waals surface area contributed by atoms with Gasteiger partial charge in [0.25, 0.3) is 5.91 Å². The molecule has 0 saturated carbocycles. The second kappa shape index (κ2) is 9.87. The van der Waals surface area contributed by atoms with Gasteiger partial charge < -0.3 is 20.1 Å². The van der Waals surface area contributed by atoms with Crippen molar-refractivity contribution in [1.82, 2.24) is 9.78 Å². The summed E-state index contributed by atoms with van der Waals surface area (Å²) in [5, 5.41) is 20.0. The first-order valence-corrected chi connectivity index (χ1v) is 12.9. The van der Waals surface area contributed by atoms with Gasteiger partial charge in [0, 0.05) is 17.4 Å². The van der Waals surface area contributed by atoms with Crippen LogP contribution >= 0.6 is 11.3 Å². The number of hydrogen-bond donors (Lipinski definition) is 2. The predicted octanol–water partition coefficient (Wildman–Crippen LogP) is 5.87. The summed E-state index contributed by atoms with van der Waals surface area (Å²) in [6, 6.07) is 5.78. The van der Waals surface area contributed by atoms with Gasteiger partial charge in [0.2, 0.25) is 0 Å². The number of halogens is 3. The predicted molar refractivity (Wildman–Crippen MR) is 136 cm³/mol. The largest absolute Gasteiger partial charge is 0.493 e. The minimum absolute atomic E-state index is 0.0725. The number of rotatable bonds is 5. The Labute approximate surface area is 221 Å². The Morgan fingerprint density at radius 1 is 1.26 bits per heavy atom. The molecule has 2 N–H and O–H groups in total. The monoisotopic (exact) mass is 545 g/mol. The van der Waals surface area contributed by atoms with Gasteiger partial charge in [-0.1, -0.05) is 13.0 Å². The number of hydrogen-bond acceptors (Lipinski definition) is 7. The number of carbonyl (C=O) groups is 1. The number of fused-ring (bicyclic) bond motifs is 2. The van der Waals surface area contributed by atoms with Gasteiger partial charge in [-0.25, -0.2) is 4.68 Å². The van der Waals surface area contributed by atoms with E-state index in [1.165, 1.54) is 31.6 Å². The molecule has 1 amide bonds. The molecule has 3 atom stereocenters. The first-order valence-electron chi connectivity index (χ1n) is 12.1. The highest BCUT2D eigenvalue weighted by Crippen LogP contribution is 2.45. The van der Waals surface area contributed by atoms with Gasteiger partial charge in [-0.2, -0.15) is 23.5 Å². The average molecular weight is 546 g/mol. The molecule has 0 saturated heterocycles. The quantitative estimate of drug-likeness (QED) is 0.416. The van der Waals surface area contributed by atoms with E-state index in [0.717, 1.165) is 34.4 Å². The van der Waals surface area contributed by atoms with E-state index in [4.69, 9.17) is 9.47 Å². The first kappa shape index (κ1) is 25.9. The standard InChI is InChI=1S/C26H26F3N5O3S/c1-13-4-6-15-16(12-30)25(38-21(15)8-13)32-24(35)18-11-23-31-17(10-22(26(27,28)29)34(23)33-18)14-5-7-19(36-2)20(9-14)37-3/h5,7,9,11,13,17,22,31H,4,6,8,10H2,1-3H3,(H,32,35). The fourth-order valence-corrected chi connectivity index (χ4v) is 6.45. The average Bonchev–Trinajstić information content (AvgIpc) is 3.47. The van der Waals surface area contributed by atoms with E-state index in [1.807, 2.05) is 0 Å². The Balaban J connectivity index is 1.44. The van der Waals surface area contributed by atoms with Crippen molar-refractivity contribution in [2.24, 2.45) is 5.92 Å². The van der Waals surface area contributed by atoms with Crippen molar-refractivity contribution in [3.63, 3.8) is 0 Å². The Morgan fingerprint density at radius 3 is 2.71 bits per heavy atom. The van der Waals surface area contributed by atoms with Gasteiger partial charge in [-0.3, -0.25) is 4.79 Å². The van der Waals surface area contributed by atoms with Crippen LogP contribution in [0.1, 0.15) is 63.9 Å². The summed E-state index contributed by atoms with van der Waals surface area (Å²) in [5.74, 6) is 0.754. The van der Waals surface area contributed by atoms with Crippen LogP contribution in [-0.4, -0.2) is 36.1 Å². The number of methoxy groups -OCH3 is 2. The van der Waals surface area contributed by atoms with Crippen LogP contribution in [0.4, 0.5) is 24.0 Å². The molecule has 200 valence electrons. The van der Waals surface area contributed by atoms with Crippen molar-refractivity contribution < 1.29 is 27.4 Å². The smallest absolute Gasteiger partial charge is 0.410 e. The van der Waals surface area contributed by atoms with Crippen LogP contribution < -0.4 is 20.1 Å². The number of thiophene rings is 1. The molecule has 3 heterocycles. The minimum Gasteiger partial charge on any atom is -0.493 e. The van der Waals surface area contributed by atoms with Crippen LogP contribution in [0.25, 0.3) is 0 Å². The number of benzene rings is 1. The topological polar surface area (TPSA) is 101 Å². The van der Waals surface area contributed by atoms with Crippen LogP contribution in [-0.2, 0) is 12.8 Å². The molecule has 8 nitrogen and oxygen atoms in total. The lowest BCUT2D eigenvalue weighted by atomic mass is 9.89. The van der Waals surface area contributed by atoms with Crippen molar-refractivity contribution in [2.75, 3.05) is 24.9 Å². The summed E-state index contributed by atoms with van der Waals surface area (Å²) < 4.78 is 53.7. The van der Waals surface area contributed by atoms with Crippen LogP contribution in [0.5, 0.6) is 11.5 Å². The molecular weight excluding hydrogens is 519 g/mol. The number of aromatic nitrogens is 2. The SMILES string of the molecule is COc1ccc(C2CC(C(F)(F)F)n3nc(C(=O)Nc4sc5c(c4C#N)CCC(C)C5)cc3N2)cc1OC. The molecule has 1 aromatic carbocycles. The van der Waals surface area contributed by atoms with Crippen molar-refractivity contribution in [1.29, 1.82) is 5.26 Å². The fourth-order valence-electron chi connectivity index (χ4n) is 5.10. The molecular formula is C26H26F3N5O3S. The van der Waals surface area contributed by atoms with E-state index in [9.17, 15) is 23.2 Å². The lowest BCUT2D eigenvalue weighted by Crippen LogP contribution is -2.35. The summed E-state index contributed by atoms with van der Waals surface area (Å²) in [6.45, 7) is 2.14. The van der Waals surface area contributed by atoms with Gasteiger partial charge >= 0.3 is 6.18 Å². The Bertz CT molecular complexity index is 1420. The third kappa shape index (κ3) is 4.67. The van der Waals surface area contributed by atoms with Crippen LogP contribution in [0.2, 0.25) is 0 Å². The van der Waals surface area contributed by atoms with Crippen LogP contribution in [0.3, 0.4) is 0 Å². The molecule has 0 radical (unpaired) electrons. The third-order valence-corrected chi connectivity index (χ3v) is 8.25. The Kier molecular flexibility index (Phi) is 6.73. The molecule has 2 aromatic heterocycles. The number of nitrogens with one attached hydrogen (secondary N) is 2. The molecule has 38 heavy (non-hydrogen) atoms. The number of amides is 1. The molecule has 5 rings (SSSR count). The van der Waals surface area contributed by atoms with Gasteiger partial charge in [0.05, 0.1) is 25.8 Å². The summed E-state index contributed by atoms with van der Waals surface area (Å²) in [7, 11) is 2.93. The zero-order valence-electron chi connectivity index (χ0n) is 21.0. The Hall–Kier alpha value is -3.72. The summed E-state index contributed by atoms with van der Waals surface area (Å²) in [4.78, 5) is 14.2. The maximum atomic E-state index is 14.1. The summed E-state index contributed by atoms with van der Waals surface area (Å²) in [5.41, 5.74) is 1.78. The van der Waals surface area contributed by atoms with Crippen molar-refractivity contribution >= 4 is 28.1 Å². The molecule has 2 aliphatic rings. The molecule has 0 spiro atoms. The van der Waals surface area contributed by atoms with Crippen molar-refractivity contribution in [3.05, 3.63) is 51.5 Å². The maximum Gasteiger partial charge on any atom is 0.410 e. The molecule has 3 aromatic rings. The van der Waals surface area contributed by atoms with Gasteiger partial charge in [0.1, 0.15) is 16.9 Å². The third-order valence-electron chi connectivity index (χ3n) is 7.08. The number of alkyl halides is 3. The Morgan fingerprint density at radius 2 is 2.03 bits per heavy atom. The first-order chi connectivity index (χ1) is 18.1. The zero-order valence-corrected chi connectivity index (χ0v) is 21.8. The molecule has 0 bridgehead atoms. The van der Waals surface area contributed by atoms with E-state index >= 15 is 0 Å². The highest BCUT2D eigenvalue weighted by molar-refractivity contribution is 7.16. The van der Waals surface area contributed by atoms with E-state index in [-0.39, 0.29) is 17.9 Å². The summed E-state index contributed by atoms with van der Waals surface area (Å²) in [6.07, 6.45) is -2.37. The van der Waals surface area contributed by atoms with E-state index in [2.05, 4.69) is 28.7 Å². The van der Waals surface area contributed by atoms with E-state index in [0.29, 0.717) is 33.5 Å². The lowest BCUT2D eigenvalue weighted by Gasteiger charge is -2.33. The van der Waals surface area contributed by atoms with Crippen molar-refractivity contribution in [3.8, 4) is 17.6 Å². The lowest BCUT2D eigenvalue weighted by molar-refractivity contribution is -0.173. The minimum atomic E-state index is -4.59. The fraction of sp³-hybridized carbons (Fsp3) is 0.423. The van der Waals surface area contributed by atoms with E-state index in [1.54, 1.807) is 18.2 Å². The molecule has 3 unspecified atom stereocenters. The second-order valence-corrected chi connectivity index (χ2v) is 10.7. The van der Waals surface area contributed by atoms with Crippen LogP contribution in [0, 0.1) is 17.2 Å². The van der Waals surface area contributed by atoms with Crippen molar-refractivity contribution in [2.45, 2.75) is 50.9 Å². The van der Waals surface area contributed by atoms with Gasteiger partial charge in [-0.15, -0.1) is 11.3 Å². The number of anilines is 2. The molecule has 12 heteroatoms. The van der Waals surface area contributed by atoms with Gasteiger partial charge in [-0.05, 0) is 48.4 Å². The zero-order chi connectivity index (χ0) is 27.2. The second-order valence-electron chi connectivity index (χ2n) is 9.59. The summed E-state index contributed by atoms with van der Waals surface area (Å²) >= 11 is 1.35. The molecule has 0 fully saturated rings. The van der Waals surface area contributed by atoms with E-state index < -0.39 is 24.2 Å². The number of nitriles is 1. The highest BCUT2D eigenvalue weighted by atomic mass is 32.1. The molecule has 1 aliphatic carbocycles. The molecule has 1 aliphatic heterocycles. The van der Waals surface area contributed by atoms with Crippen LogP contribution in [0.15, 0.2) is 24.3 Å².